The molecule has 0 aliphatic carbocycles. The number of nitrogens with one attached hydrogen (secondary N) is 1. The normalized spacial score (nSPS) is 10.9. The highest BCUT2D eigenvalue weighted by Gasteiger charge is 2.08. The Balaban J connectivity index is 1.74. The Labute approximate surface area is 134 Å². The van der Waals surface area contributed by atoms with E-state index < -0.39 is 0 Å². The molecule has 0 saturated heterocycles. The van der Waals surface area contributed by atoms with E-state index in [1.807, 2.05) is 31.4 Å². The molecule has 1 amide bonds. The number of hydrogen-bond acceptors (Lipinski definition) is 5. The second-order valence-electron chi connectivity index (χ2n) is 5.18. The molecule has 2 aromatic heterocycles. The SMILES string of the molecule is CC(C)OCCCNC(=O)Cc1csc(-c2ccncc2)n1. The Morgan fingerprint density at radius 2 is 2.14 bits per heavy atom. The maximum atomic E-state index is 11.9. The highest BCUT2D eigenvalue weighted by Crippen LogP contribution is 2.22. The molecule has 0 fully saturated rings. The van der Waals surface area contributed by atoms with Crippen molar-refractivity contribution in [3.8, 4) is 10.6 Å². The molecule has 2 rings (SSSR count). The third-order valence-corrected chi connectivity index (χ3v) is 3.86. The van der Waals surface area contributed by atoms with E-state index in [-0.39, 0.29) is 12.0 Å². The van der Waals surface area contributed by atoms with Crippen molar-refractivity contribution in [2.75, 3.05) is 13.2 Å². The summed E-state index contributed by atoms with van der Waals surface area (Å²) in [5.74, 6) is -0.00359. The molecule has 0 atom stereocenters. The van der Waals surface area contributed by atoms with Gasteiger partial charge in [0.05, 0.1) is 18.2 Å². The fraction of sp³-hybridized carbons (Fsp3) is 0.438. The topological polar surface area (TPSA) is 64.1 Å². The molecule has 6 heteroatoms. The summed E-state index contributed by atoms with van der Waals surface area (Å²) in [6.07, 6.45) is 4.85. The summed E-state index contributed by atoms with van der Waals surface area (Å²) < 4.78 is 5.43. The maximum Gasteiger partial charge on any atom is 0.226 e. The molecule has 0 aromatic carbocycles. The highest BCUT2D eigenvalue weighted by molar-refractivity contribution is 7.13. The molecule has 0 unspecified atom stereocenters. The van der Waals surface area contributed by atoms with E-state index >= 15 is 0 Å². The molecule has 0 spiro atoms. The summed E-state index contributed by atoms with van der Waals surface area (Å²) in [4.78, 5) is 20.3. The minimum absolute atomic E-state index is 0.00359. The predicted molar refractivity (Wildman–Crippen MR) is 87.8 cm³/mol. The Hall–Kier alpha value is -1.79. The van der Waals surface area contributed by atoms with Gasteiger partial charge in [0.15, 0.2) is 0 Å². The molecule has 0 radical (unpaired) electrons. The van der Waals surface area contributed by atoms with Crippen molar-refractivity contribution in [1.29, 1.82) is 0 Å². The minimum atomic E-state index is -0.00359. The van der Waals surface area contributed by atoms with Gasteiger partial charge in [-0.05, 0) is 32.4 Å². The fourth-order valence-corrected chi connectivity index (χ4v) is 2.69. The molecule has 22 heavy (non-hydrogen) atoms. The molecule has 0 bridgehead atoms. The molecule has 2 heterocycles. The third-order valence-electron chi connectivity index (χ3n) is 2.92. The first-order chi connectivity index (χ1) is 10.6. The zero-order valence-electron chi connectivity index (χ0n) is 12.9. The molecular weight excluding hydrogens is 298 g/mol. The van der Waals surface area contributed by atoms with Gasteiger partial charge in [0.2, 0.25) is 5.91 Å². The van der Waals surface area contributed by atoms with Gasteiger partial charge in [-0.25, -0.2) is 4.98 Å². The van der Waals surface area contributed by atoms with Gasteiger partial charge in [0.25, 0.3) is 0 Å². The second-order valence-corrected chi connectivity index (χ2v) is 6.04. The molecule has 118 valence electrons. The van der Waals surface area contributed by atoms with Crippen LogP contribution in [0.25, 0.3) is 10.6 Å². The summed E-state index contributed by atoms with van der Waals surface area (Å²) in [7, 11) is 0. The number of rotatable bonds is 8. The van der Waals surface area contributed by atoms with Crippen molar-refractivity contribution in [3.63, 3.8) is 0 Å². The van der Waals surface area contributed by atoms with Gasteiger partial charge >= 0.3 is 0 Å². The number of ether oxygens (including phenoxy) is 1. The van der Waals surface area contributed by atoms with Crippen LogP contribution < -0.4 is 5.32 Å². The van der Waals surface area contributed by atoms with E-state index in [1.165, 1.54) is 0 Å². The summed E-state index contributed by atoms with van der Waals surface area (Å²) in [5.41, 5.74) is 1.82. The molecular formula is C16H21N3O2S. The van der Waals surface area contributed by atoms with E-state index in [2.05, 4.69) is 15.3 Å². The van der Waals surface area contributed by atoms with Gasteiger partial charge in [-0.3, -0.25) is 9.78 Å². The number of thiazole rings is 1. The van der Waals surface area contributed by atoms with E-state index in [9.17, 15) is 4.79 Å². The van der Waals surface area contributed by atoms with Crippen LogP contribution in [-0.4, -0.2) is 35.1 Å². The molecule has 2 aromatic rings. The largest absolute Gasteiger partial charge is 0.379 e. The Kier molecular flexibility index (Phi) is 6.48. The number of amides is 1. The average molecular weight is 319 g/mol. The van der Waals surface area contributed by atoms with Crippen LogP contribution in [0.4, 0.5) is 0 Å². The van der Waals surface area contributed by atoms with Crippen LogP contribution in [0.5, 0.6) is 0 Å². The van der Waals surface area contributed by atoms with Crippen molar-refractivity contribution in [2.45, 2.75) is 32.8 Å². The van der Waals surface area contributed by atoms with Crippen molar-refractivity contribution in [3.05, 3.63) is 35.6 Å². The van der Waals surface area contributed by atoms with Crippen molar-refractivity contribution in [2.24, 2.45) is 0 Å². The summed E-state index contributed by atoms with van der Waals surface area (Å²) in [6.45, 7) is 5.30. The van der Waals surface area contributed by atoms with Crippen LogP contribution in [0.15, 0.2) is 29.9 Å². The van der Waals surface area contributed by atoms with Gasteiger partial charge in [0.1, 0.15) is 5.01 Å². The first kappa shape index (κ1) is 16.6. The van der Waals surface area contributed by atoms with Gasteiger partial charge in [0, 0.05) is 36.5 Å². The van der Waals surface area contributed by atoms with Crippen LogP contribution >= 0.6 is 11.3 Å². The standard InChI is InChI=1S/C16H21N3O2S/c1-12(2)21-9-3-6-18-15(20)10-14-11-22-16(19-14)13-4-7-17-8-5-13/h4-5,7-8,11-12H,3,6,9-10H2,1-2H3,(H,18,20). The quantitative estimate of drug-likeness (QED) is 0.760. The van der Waals surface area contributed by atoms with Crippen molar-refractivity contribution < 1.29 is 9.53 Å². The first-order valence-electron chi connectivity index (χ1n) is 7.38. The molecule has 5 nitrogen and oxygen atoms in total. The Morgan fingerprint density at radius 3 is 2.86 bits per heavy atom. The van der Waals surface area contributed by atoms with Crippen LogP contribution in [0, 0.1) is 0 Å². The van der Waals surface area contributed by atoms with Crippen LogP contribution in [-0.2, 0) is 16.0 Å². The van der Waals surface area contributed by atoms with E-state index in [0.717, 1.165) is 22.7 Å². The number of nitrogens with zero attached hydrogens (tertiary/aromatic N) is 2. The first-order valence-corrected chi connectivity index (χ1v) is 8.26. The van der Waals surface area contributed by atoms with E-state index in [0.29, 0.717) is 19.6 Å². The summed E-state index contributed by atoms with van der Waals surface area (Å²) in [5, 5.41) is 5.73. The monoisotopic (exact) mass is 319 g/mol. The zero-order valence-corrected chi connectivity index (χ0v) is 13.7. The Morgan fingerprint density at radius 1 is 1.36 bits per heavy atom. The maximum absolute atomic E-state index is 11.9. The smallest absolute Gasteiger partial charge is 0.226 e. The summed E-state index contributed by atoms with van der Waals surface area (Å²) in [6, 6.07) is 3.83. The lowest BCUT2D eigenvalue weighted by Gasteiger charge is -2.07. The van der Waals surface area contributed by atoms with Gasteiger partial charge in [-0.1, -0.05) is 0 Å². The number of carbonyl (C=O) groups is 1. The summed E-state index contributed by atoms with van der Waals surface area (Å²) >= 11 is 1.54. The van der Waals surface area contributed by atoms with Crippen LogP contribution in [0.1, 0.15) is 26.0 Å². The van der Waals surface area contributed by atoms with E-state index in [1.54, 1.807) is 23.7 Å². The second kappa shape index (κ2) is 8.60. The lowest BCUT2D eigenvalue weighted by atomic mass is 10.3. The number of pyridine rings is 1. The van der Waals surface area contributed by atoms with Crippen molar-refractivity contribution in [1.82, 2.24) is 15.3 Å². The van der Waals surface area contributed by atoms with Gasteiger partial charge in [-0.2, -0.15) is 0 Å². The molecule has 0 aliphatic rings. The van der Waals surface area contributed by atoms with Gasteiger partial charge < -0.3 is 10.1 Å². The third kappa shape index (κ3) is 5.54. The molecule has 1 N–H and O–H groups in total. The van der Waals surface area contributed by atoms with E-state index in [4.69, 9.17) is 4.74 Å². The van der Waals surface area contributed by atoms with Crippen molar-refractivity contribution >= 4 is 17.2 Å². The zero-order chi connectivity index (χ0) is 15.8. The number of carbonyl (C=O) groups excluding carboxylic acids is 1. The lowest BCUT2D eigenvalue weighted by molar-refractivity contribution is -0.120. The predicted octanol–water partition coefficient (Wildman–Crippen LogP) is 2.68. The lowest BCUT2D eigenvalue weighted by Crippen LogP contribution is -2.27. The fourth-order valence-electron chi connectivity index (χ4n) is 1.86. The minimum Gasteiger partial charge on any atom is -0.379 e. The van der Waals surface area contributed by atoms with Crippen LogP contribution in [0.2, 0.25) is 0 Å². The number of aromatic nitrogens is 2. The van der Waals surface area contributed by atoms with Gasteiger partial charge in [-0.15, -0.1) is 11.3 Å². The van der Waals surface area contributed by atoms with Crippen LogP contribution in [0.3, 0.4) is 0 Å². The highest BCUT2D eigenvalue weighted by atomic mass is 32.1. The molecule has 0 saturated carbocycles. The Bertz CT molecular complexity index is 584. The molecule has 0 aliphatic heterocycles. The number of hydrogen-bond donors (Lipinski definition) is 1. The average Bonchev–Trinajstić information content (AvgIpc) is 2.96.